The quantitative estimate of drug-likeness (QED) is 0.802. The first kappa shape index (κ1) is 16.2. The van der Waals surface area contributed by atoms with Crippen LogP contribution in [0.25, 0.3) is 0 Å². The van der Waals surface area contributed by atoms with Crippen LogP contribution in [0, 0.1) is 0 Å². The Morgan fingerprint density at radius 1 is 1.19 bits per heavy atom. The third kappa shape index (κ3) is 4.15. The highest BCUT2D eigenvalue weighted by Crippen LogP contribution is 2.20. The first-order valence-electron chi connectivity index (χ1n) is 7.15. The Kier molecular flexibility index (Phi) is 5.55. The average Bonchev–Trinajstić information content (AvgIpc) is 3.01. The van der Waals surface area contributed by atoms with E-state index in [2.05, 4.69) is 10.6 Å². The van der Waals surface area contributed by atoms with Crippen LogP contribution in [0.4, 0.5) is 0 Å². The van der Waals surface area contributed by atoms with Gasteiger partial charge in [0.1, 0.15) is 0 Å². The third-order valence-corrected chi connectivity index (χ3v) is 5.62. The van der Waals surface area contributed by atoms with Gasteiger partial charge in [-0.25, -0.2) is 8.42 Å². The molecule has 1 aliphatic rings. The molecule has 1 aromatic rings. The van der Waals surface area contributed by atoms with Gasteiger partial charge in [0.25, 0.3) is 0 Å². The zero-order valence-electron chi connectivity index (χ0n) is 12.1. The van der Waals surface area contributed by atoms with E-state index in [1.54, 1.807) is 16.4 Å². The normalized spacial score (nSPS) is 15.9. The minimum Gasteiger partial charge on any atom is -0.363 e. The van der Waals surface area contributed by atoms with Crippen LogP contribution < -0.4 is 10.6 Å². The van der Waals surface area contributed by atoms with Crippen molar-refractivity contribution in [1.82, 2.24) is 14.9 Å². The minimum absolute atomic E-state index is 0.363. The molecule has 0 aliphatic carbocycles. The van der Waals surface area contributed by atoms with E-state index >= 15 is 0 Å². The van der Waals surface area contributed by atoms with E-state index in [-0.39, 0.29) is 0 Å². The molecule has 5 nitrogen and oxygen atoms in total. The van der Waals surface area contributed by atoms with Crippen molar-refractivity contribution >= 4 is 27.4 Å². The summed E-state index contributed by atoms with van der Waals surface area (Å²) in [6.45, 7) is 4.59. The third-order valence-electron chi connectivity index (χ3n) is 3.42. The van der Waals surface area contributed by atoms with Gasteiger partial charge in [0, 0.05) is 26.2 Å². The number of hydrogen-bond donors (Lipinski definition) is 2. The van der Waals surface area contributed by atoms with Crippen molar-refractivity contribution in [1.29, 1.82) is 0 Å². The highest BCUT2D eigenvalue weighted by Gasteiger charge is 2.26. The summed E-state index contributed by atoms with van der Waals surface area (Å²) in [4.78, 5) is 0.363. The monoisotopic (exact) mass is 327 g/mol. The predicted octanol–water partition coefficient (Wildman–Crippen LogP) is 1.46. The van der Waals surface area contributed by atoms with E-state index in [1.165, 1.54) is 0 Å². The summed E-state index contributed by atoms with van der Waals surface area (Å²) in [6, 6.07) is 6.98. The van der Waals surface area contributed by atoms with Crippen molar-refractivity contribution in [2.75, 3.05) is 19.6 Å². The van der Waals surface area contributed by atoms with Crippen LogP contribution >= 0.6 is 12.2 Å². The molecule has 0 saturated carbocycles. The van der Waals surface area contributed by atoms with Gasteiger partial charge in [0.15, 0.2) is 5.11 Å². The smallest absolute Gasteiger partial charge is 0.243 e. The Bertz CT molecular complexity index is 579. The van der Waals surface area contributed by atoms with Crippen LogP contribution in [0.15, 0.2) is 29.2 Å². The van der Waals surface area contributed by atoms with Crippen molar-refractivity contribution in [3.8, 4) is 0 Å². The summed E-state index contributed by atoms with van der Waals surface area (Å²) in [6.07, 6.45) is 1.90. The summed E-state index contributed by atoms with van der Waals surface area (Å²) in [5, 5.41) is 6.68. The maximum atomic E-state index is 12.4. The summed E-state index contributed by atoms with van der Waals surface area (Å²) in [5.74, 6) is 0. The fourth-order valence-electron chi connectivity index (χ4n) is 2.26. The van der Waals surface area contributed by atoms with E-state index < -0.39 is 10.0 Å². The summed E-state index contributed by atoms with van der Waals surface area (Å²) >= 11 is 5.09. The van der Waals surface area contributed by atoms with E-state index in [4.69, 9.17) is 12.2 Å². The molecule has 1 aliphatic heterocycles. The molecule has 0 radical (unpaired) electrons. The number of thiocarbonyl (C=S) groups is 1. The molecular weight excluding hydrogens is 306 g/mol. The highest BCUT2D eigenvalue weighted by atomic mass is 32.2. The van der Waals surface area contributed by atoms with Crippen LogP contribution in [0.1, 0.15) is 25.3 Å². The predicted molar refractivity (Wildman–Crippen MR) is 87.5 cm³/mol. The SMILES string of the molecule is CCNC(=S)NCc1ccc(S(=O)(=O)N2CCCC2)cc1. The second-order valence-electron chi connectivity index (χ2n) is 4.97. The molecule has 0 unspecified atom stereocenters. The van der Waals surface area contributed by atoms with Crippen molar-refractivity contribution in [2.45, 2.75) is 31.2 Å². The maximum Gasteiger partial charge on any atom is 0.243 e. The van der Waals surface area contributed by atoms with Gasteiger partial charge in [-0.15, -0.1) is 0 Å². The molecule has 0 bridgehead atoms. The zero-order valence-corrected chi connectivity index (χ0v) is 13.8. The van der Waals surface area contributed by atoms with Crippen LogP contribution in [0.5, 0.6) is 0 Å². The van der Waals surface area contributed by atoms with E-state index in [0.29, 0.717) is 29.6 Å². The first-order valence-corrected chi connectivity index (χ1v) is 8.99. The topological polar surface area (TPSA) is 61.4 Å². The number of hydrogen-bond acceptors (Lipinski definition) is 3. The average molecular weight is 327 g/mol. The highest BCUT2D eigenvalue weighted by molar-refractivity contribution is 7.89. The number of sulfonamides is 1. The van der Waals surface area contributed by atoms with Gasteiger partial charge in [-0.3, -0.25) is 0 Å². The van der Waals surface area contributed by atoms with Crippen LogP contribution in [-0.2, 0) is 16.6 Å². The van der Waals surface area contributed by atoms with Gasteiger partial charge in [-0.2, -0.15) is 4.31 Å². The van der Waals surface area contributed by atoms with Gasteiger partial charge >= 0.3 is 0 Å². The van der Waals surface area contributed by atoms with Gasteiger partial charge in [0.05, 0.1) is 4.90 Å². The molecular formula is C14H21N3O2S2. The molecule has 1 fully saturated rings. The number of nitrogens with zero attached hydrogens (tertiary/aromatic N) is 1. The fraction of sp³-hybridized carbons (Fsp3) is 0.500. The van der Waals surface area contributed by atoms with Crippen molar-refractivity contribution in [2.24, 2.45) is 0 Å². The van der Waals surface area contributed by atoms with Crippen molar-refractivity contribution in [3.05, 3.63) is 29.8 Å². The maximum absolute atomic E-state index is 12.4. The first-order chi connectivity index (χ1) is 10.0. The molecule has 2 N–H and O–H groups in total. The molecule has 7 heteroatoms. The number of rotatable bonds is 5. The molecule has 1 heterocycles. The van der Waals surface area contributed by atoms with Crippen LogP contribution in [0.3, 0.4) is 0 Å². The number of nitrogens with one attached hydrogen (secondary N) is 2. The lowest BCUT2D eigenvalue weighted by molar-refractivity contribution is 0.477. The molecule has 1 aromatic carbocycles. The Hall–Kier alpha value is -1.18. The van der Waals surface area contributed by atoms with Gasteiger partial charge in [-0.1, -0.05) is 12.1 Å². The second-order valence-corrected chi connectivity index (χ2v) is 7.31. The zero-order chi connectivity index (χ0) is 15.3. The molecule has 116 valence electrons. The van der Waals surface area contributed by atoms with Gasteiger partial charge in [0.2, 0.25) is 10.0 Å². The lowest BCUT2D eigenvalue weighted by Crippen LogP contribution is -2.34. The molecule has 21 heavy (non-hydrogen) atoms. The molecule has 0 spiro atoms. The Labute approximate surface area is 131 Å². The summed E-state index contributed by atoms with van der Waals surface area (Å²) in [7, 11) is -3.32. The fourth-order valence-corrected chi connectivity index (χ4v) is 4.00. The van der Waals surface area contributed by atoms with Crippen molar-refractivity contribution < 1.29 is 8.42 Å². The lowest BCUT2D eigenvalue weighted by atomic mass is 10.2. The number of benzene rings is 1. The van der Waals surface area contributed by atoms with Gasteiger partial charge < -0.3 is 10.6 Å². The molecule has 0 atom stereocenters. The Morgan fingerprint density at radius 3 is 2.38 bits per heavy atom. The standard InChI is InChI=1S/C14H21N3O2S2/c1-2-15-14(20)16-11-12-5-7-13(8-6-12)21(18,19)17-9-3-4-10-17/h5-8H,2-4,9-11H2,1H3,(H2,15,16,20). The molecule has 0 amide bonds. The van der Waals surface area contributed by atoms with E-state index in [0.717, 1.165) is 24.9 Å². The Balaban J connectivity index is 2.00. The summed E-state index contributed by atoms with van der Waals surface area (Å²) < 4.78 is 26.3. The van der Waals surface area contributed by atoms with Crippen molar-refractivity contribution in [3.63, 3.8) is 0 Å². The lowest BCUT2D eigenvalue weighted by Gasteiger charge is -2.15. The second kappa shape index (κ2) is 7.20. The molecule has 0 aromatic heterocycles. The van der Waals surface area contributed by atoms with Gasteiger partial charge in [-0.05, 0) is 49.7 Å². The minimum atomic E-state index is -3.32. The molecule has 2 rings (SSSR count). The Morgan fingerprint density at radius 2 is 1.81 bits per heavy atom. The van der Waals surface area contributed by atoms with Crippen LogP contribution in [0.2, 0.25) is 0 Å². The van der Waals surface area contributed by atoms with E-state index in [9.17, 15) is 8.42 Å². The largest absolute Gasteiger partial charge is 0.363 e. The van der Waals surface area contributed by atoms with E-state index in [1.807, 2.05) is 19.1 Å². The molecule has 1 saturated heterocycles. The summed E-state index contributed by atoms with van der Waals surface area (Å²) in [5.41, 5.74) is 0.996. The van der Waals surface area contributed by atoms with Crippen LogP contribution in [-0.4, -0.2) is 37.5 Å².